The number of hydrogen-bond acceptors (Lipinski definition) is 3. The van der Waals surface area contributed by atoms with Gasteiger partial charge in [0, 0.05) is 44.5 Å². The van der Waals surface area contributed by atoms with Crippen molar-refractivity contribution < 1.29 is 9.59 Å². The number of carbonyl (C=O) groups excluding carboxylic acids is 2. The maximum atomic E-state index is 11.8. The average Bonchev–Trinajstić information content (AvgIpc) is 2.76. The second-order valence-electron chi connectivity index (χ2n) is 7.33. The molecule has 0 bridgehead atoms. The molecule has 0 aliphatic rings. The van der Waals surface area contributed by atoms with E-state index in [4.69, 9.17) is 0 Å². The van der Waals surface area contributed by atoms with Crippen LogP contribution >= 0.6 is 24.0 Å². The molecular weight excluding hydrogens is 519 g/mol. The molecule has 174 valence electrons. The van der Waals surface area contributed by atoms with E-state index in [2.05, 4.69) is 31.6 Å². The Morgan fingerprint density at radius 1 is 1.00 bits per heavy atom. The SMILES string of the molecule is CN=C(NCCc1cccc(C(=O)NC)c1)NCc1ccc(NC(=O)NC(C)C)cc1.I. The quantitative estimate of drug-likeness (QED) is 0.197. The first-order valence-electron chi connectivity index (χ1n) is 10.3. The van der Waals surface area contributed by atoms with Crippen molar-refractivity contribution in [1.29, 1.82) is 0 Å². The lowest BCUT2D eigenvalue weighted by molar-refractivity contribution is 0.0963. The summed E-state index contributed by atoms with van der Waals surface area (Å²) in [6.45, 7) is 5.11. The van der Waals surface area contributed by atoms with Gasteiger partial charge in [-0.25, -0.2) is 4.79 Å². The van der Waals surface area contributed by atoms with Gasteiger partial charge in [0.05, 0.1) is 0 Å². The number of guanidine groups is 1. The van der Waals surface area contributed by atoms with Gasteiger partial charge in [-0.15, -0.1) is 24.0 Å². The number of carbonyl (C=O) groups is 2. The molecular formula is C23H33IN6O2. The predicted octanol–water partition coefficient (Wildman–Crippen LogP) is 3.10. The van der Waals surface area contributed by atoms with Gasteiger partial charge in [-0.2, -0.15) is 0 Å². The number of nitrogens with zero attached hydrogens (tertiary/aromatic N) is 1. The zero-order valence-electron chi connectivity index (χ0n) is 19.0. The van der Waals surface area contributed by atoms with Crippen LogP contribution in [0.4, 0.5) is 10.5 Å². The van der Waals surface area contributed by atoms with Crippen molar-refractivity contribution in [2.75, 3.05) is 26.0 Å². The minimum Gasteiger partial charge on any atom is -0.356 e. The first-order chi connectivity index (χ1) is 14.9. The molecule has 0 saturated carbocycles. The molecule has 2 rings (SSSR count). The van der Waals surface area contributed by atoms with E-state index in [0.717, 1.165) is 23.2 Å². The molecule has 0 fully saturated rings. The smallest absolute Gasteiger partial charge is 0.319 e. The van der Waals surface area contributed by atoms with Crippen LogP contribution in [-0.2, 0) is 13.0 Å². The summed E-state index contributed by atoms with van der Waals surface area (Å²) in [7, 11) is 3.35. The van der Waals surface area contributed by atoms with Crippen LogP contribution in [0.25, 0.3) is 0 Å². The van der Waals surface area contributed by atoms with Crippen LogP contribution in [0.1, 0.15) is 35.3 Å². The fraction of sp³-hybridized carbons (Fsp3) is 0.348. The minimum absolute atomic E-state index is 0. The van der Waals surface area contributed by atoms with Crippen molar-refractivity contribution >= 4 is 47.6 Å². The van der Waals surface area contributed by atoms with Crippen molar-refractivity contribution in [3.8, 4) is 0 Å². The topological polar surface area (TPSA) is 107 Å². The Hall–Kier alpha value is -2.82. The minimum atomic E-state index is -0.216. The Bertz CT molecular complexity index is 900. The average molecular weight is 552 g/mol. The van der Waals surface area contributed by atoms with Crippen LogP contribution in [0.15, 0.2) is 53.5 Å². The van der Waals surface area contributed by atoms with Gasteiger partial charge in [0.25, 0.3) is 5.91 Å². The van der Waals surface area contributed by atoms with Gasteiger partial charge in [-0.3, -0.25) is 9.79 Å². The molecule has 32 heavy (non-hydrogen) atoms. The number of anilines is 1. The summed E-state index contributed by atoms with van der Waals surface area (Å²) < 4.78 is 0. The van der Waals surface area contributed by atoms with Gasteiger partial charge in [0.2, 0.25) is 0 Å². The van der Waals surface area contributed by atoms with Gasteiger partial charge in [-0.1, -0.05) is 24.3 Å². The van der Waals surface area contributed by atoms with Crippen molar-refractivity contribution in [3.05, 3.63) is 65.2 Å². The third kappa shape index (κ3) is 9.54. The maximum Gasteiger partial charge on any atom is 0.319 e. The monoisotopic (exact) mass is 552 g/mol. The Labute approximate surface area is 207 Å². The first-order valence-corrected chi connectivity index (χ1v) is 10.3. The summed E-state index contributed by atoms with van der Waals surface area (Å²) in [4.78, 5) is 27.7. The number of amides is 3. The largest absolute Gasteiger partial charge is 0.356 e. The van der Waals surface area contributed by atoms with E-state index in [1.807, 2.05) is 56.3 Å². The third-order valence-corrected chi connectivity index (χ3v) is 4.44. The zero-order chi connectivity index (χ0) is 22.6. The van der Waals surface area contributed by atoms with Crippen molar-refractivity contribution in [1.82, 2.24) is 21.3 Å². The molecule has 0 aromatic heterocycles. The van der Waals surface area contributed by atoms with E-state index in [-0.39, 0.29) is 42.0 Å². The van der Waals surface area contributed by atoms with Crippen molar-refractivity contribution in [2.24, 2.45) is 4.99 Å². The Kier molecular flexibility index (Phi) is 12.1. The molecule has 5 N–H and O–H groups in total. The molecule has 0 heterocycles. The summed E-state index contributed by atoms with van der Waals surface area (Å²) in [5.41, 5.74) is 3.54. The van der Waals surface area contributed by atoms with Gasteiger partial charge < -0.3 is 26.6 Å². The Morgan fingerprint density at radius 2 is 1.72 bits per heavy atom. The van der Waals surface area contributed by atoms with Crippen LogP contribution in [-0.4, -0.2) is 44.6 Å². The lowest BCUT2D eigenvalue weighted by atomic mass is 10.1. The lowest BCUT2D eigenvalue weighted by Gasteiger charge is -2.13. The molecule has 8 nitrogen and oxygen atoms in total. The number of nitrogens with one attached hydrogen (secondary N) is 5. The molecule has 9 heteroatoms. The van der Waals surface area contributed by atoms with Gasteiger partial charge in [-0.05, 0) is 55.7 Å². The van der Waals surface area contributed by atoms with Crippen LogP contribution in [0.5, 0.6) is 0 Å². The number of benzene rings is 2. The predicted molar refractivity (Wildman–Crippen MR) is 141 cm³/mol. The molecule has 0 radical (unpaired) electrons. The summed E-state index contributed by atoms with van der Waals surface area (Å²) in [6.07, 6.45) is 0.768. The number of hydrogen-bond donors (Lipinski definition) is 5. The van der Waals surface area contributed by atoms with Gasteiger partial charge in [0.1, 0.15) is 0 Å². The summed E-state index contributed by atoms with van der Waals surface area (Å²) in [5, 5.41) is 14.8. The van der Waals surface area contributed by atoms with Gasteiger partial charge in [0.15, 0.2) is 5.96 Å². The number of urea groups is 1. The number of aliphatic imine (C=N–C) groups is 1. The van der Waals surface area contributed by atoms with E-state index in [1.54, 1.807) is 20.2 Å². The van der Waals surface area contributed by atoms with E-state index < -0.39 is 0 Å². The van der Waals surface area contributed by atoms with E-state index >= 15 is 0 Å². The van der Waals surface area contributed by atoms with Crippen LogP contribution in [0.3, 0.4) is 0 Å². The first kappa shape index (κ1) is 27.2. The summed E-state index contributed by atoms with van der Waals surface area (Å²) >= 11 is 0. The summed E-state index contributed by atoms with van der Waals surface area (Å²) in [5.74, 6) is 0.607. The molecule has 0 spiro atoms. The zero-order valence-corrected chi connectivity index (χ0v) is 21.3. The molecule has 2 aromatic rings. The molecule has 0 atom stereocenters. The molecule has 0 saturated heterocycles. The normalized spacial score (nSPS) is 10.7. The second-order valence-corrected chi connectivity index (χ2v) is 7.33. The fourth-order valence-corrected chi connectivity index (χ4v) is 2.88. The molecule has 0 unspecified atom stereocenters. The van der Waals surface area contributed by atoms with Crippen LogP contribution < -0.4 is 26.6 Å². The highest BCUT2D eigenvalue weighted by molar-refractivity contribution is 14.0. The Balaban J connectivity index is 0.00000512. The second kappa shape index (κ2) is 14.3. The van der Waals surface area contributed by atoms with Gasteiger partial charge >= 0.3 is 6.03 Å². The van der Waals surface area contributed by atoms with Crippen molar-refractivity contribution in [2.45, 2.75) is 32.9 Å². The fourth-order valence-electron chi connectivity index (χ4n) is 2.88. The number of rotatable bonds is 8. The molecule has 3 amide bonds. The van der Waals surface area contributed by atoms with Crippen LogP contribution in [0, 0.1) is 0 Å². The maximum absolute atomic E-state index is 11.8. The van der Waals surface area contributed by atoms with E-state index in [1.165, 1.54) is 0 Å². The highest BCUT2D eigenvalue weighted by Gasteiger charge is 2.05. The molecule has 0 aliphatic carbocycles. The molecule has 2 aromatic carbocycles. The van der Waals surface area contributed by atoms with Crippen molar-refractivity contribution in [3.63, 3.8) is 0 Å². The molecule has 0 aliphatic heterocycles. The highest BCUT2D eigenvalue weighted by atomic mass is 127. The third-order valence-electron chi connectivity index (χ3n) is 4.44. The Morgan fingerprint density at radius 3 is 2.34 bits per heavy atom. The number of halogens is 1. The van der Waals surface area contributed by atoms with E-state index in [9.17, 15) is 9.59 Å². The summed E-state index contributed by atoms with van der Waals surface area (Å²) in [6, 6.07) is 15.1. The lowest BCUT2D eigenvalue weighted by Crippen LogP contribution is -2.37. The highest BCUT2D eigenvalue weighted by Crippen LogP contribution is 2.09. The standard InChI is InChI=1S/C23H32N6O2.HI/c1-16(2)28-23(31)29-20-10-8-18(9-11-20)15-27-22(25-4)26-13-12-17-6-5-7-19(14-17)21(30)24-3;/h5-11,14,16H,12-13,15H2,1-4H3,(H,24,30)(H2,25,26,27)(H2,28,29,31);1H. The van der Waals surface area contributed by atoms with Crippen LogP contribution in [0.2, 0.25) is 0 Å². The van der Waals surface area contributed by atoms with E-state index in [0.29, 0.717) is 24.6 Å².